The topological polar surface area (TPSA) is 115 Å². The van der Waals surface area contributed by atoms with Crippen LogP contribution in [0.3, 0.4) is 0 Å². The molecule has 3 aromatic rings. The maximum atomic E-state index is 11.7. The number of carbonyl (C=O) groups excluding carboxylic acids is 1. The molecule has 3 rings (SSSR count). The van der Waals surface area contributed by atoms with Crippen LogP contribution in [0.25, 0.3) is 22.2 Å². The highest BCUT2D eigenvalue weighted by molar-refractivity contribution is 6.07. The van der Waals surface area contributed by atoms with Crippen molar-refractivity contribution >= 4 is 22.6 Å². The van der Waals surface area contributed by atoms with Gasteiger partial charge in [-0.25, -0.2) is 4.98 Å². The molecule has 23 heavy (non-hydrogen) atoms. The van der Waals surface area contributed by atoms with Gasteiger partial charge < -0.3 is 16.6 Å². The van der Waals surface area contributed by atoms with Gasteiger partial charge in [0.15, 0.2) is 5.69 Å². The molecule has 0 radical (unpaired) electrons. The average molecular weight is 308 g/mol. The number of pyridine rings is 2. The van der Waals surface area contributed by atoms with Crippen LogP contribution in [-0.4, -0.2) is 21.0 Å². The van der Waals surface area contributed by atoms with Gasteiger partial charge in [0.05, 0.1) is 23.3 Å². The van der Waals surface area contributed by atoms with Gasteiger partial charge in [-0.2, -0.15) is 0 Å². The number of nitrogens with two attached hydrogens (primary N) is 2. The molecule has 6 nitrogen and oxygen atoms in total. The summed E-state index contributed by atoms with van der Waals surface area (Å²) in [5.41, 5.74) is 16.1. The Balaban J connectivity index is 2.40. The minimum atomic E-state index is -0.681. The fourth-order valence-electron chi connectivity index (χ4n) is 2.67. The number of nitrogens with zero attached hydrogens (tertiary/aromatic N) is 2. The molecule has 2 heterocycles. The quantitative estimate of drug-likeness (QED) is 0.682. The number of nitrogen functional groups attached to an aromatic ring is 1. The summed E-state index contributed by atoms with van der Waals surface area (Å²) in [5.74, 6) is -0.681. The minimum absolute atomic E-state index is 0.0335. The van der Waals surface area contributed by atoms with Crippen molar-refractivity contribution in [2.75, 3.05) is 5.73 Å². The Kier molecular flexibility index (Phi) is 3.67. The number of rotatable bonds is 3. The number of anilines is 1. The molecule has 0 fully saturated rings. The zero-order valence-corrected chi connectivity index (χ0v) is 12.6. The number of amides is 1. The molecule has 0 aliphatic rings. The Morgan fingerprint density at radius 3 is 2.74 bits per heavy atom. The van der Waals surface area contributed by atoms with E-state index in [1.807, 2.05) is 19.1 Å². The number of hydrogen-bond acceptors (Lipinski definition) is 5. The number of aryl methyl sites for hydroxylation is 1. The van der Waals surface area contributed by atoms with Crippen LogP contribution in [0.5, 0.6) is 0 Å². The second-order valence-electron chi connectivity index (χ2n) is 5.29. The lowest BCUT2D eigenvalue weighted by Crippen LogP contribution is -2.17. The molecule has 1 aromatic carbocycles. The van der Waals surface area contributed by atoms with Gasteiger partial charge in [0.1, 0.15) is 0 Å². The van der Waals surface area contributed by atoms with Crippen LogP contribution in [0.1, 0.15) is 21.6 Å². The number of primary amides is 1. The summed E-state index contributed by atoms with van der Waals surface area (Å²) in [7, 11) is 0. The molecule has 0 aliphatic heterocycles. The summed E-state index contributed by atoms with van der Waals surface area (Å²) in [6.45, 7) is 1.87. The highest BCUT2D eigenvalue weighted by Gasteiger charge is 2.19. The average Bonchev–Trinajstić information content (AvgIpc) is 2.54. The van der Waals surface area contributed by atoms with Crippen LogP contribution in [0.4, 0.5) is 5.69 Å². The lowest BCUT2D eigenvalue weighted by Gasteiger charge is -2.14. The number of aliphatic hydroxyl groups excluding tert-OH is 1. The van der Waals surface area contributed by atoms with E-state index >= 15 is 0 Å². The van der Waals surface area contributed by atoms with E-state index < -0.39 is 5.91 Å². The largest absolute Gasteiger partial charge is 0.396 e. The third-order valence-corrected chi connectivity index (χ3v) is 3.76. The fraction of sp³-hybridized carbons (Fsp3) is 0.118. The van der Waals surface area contributed by atoms with E-state index in [0.717, 1.165) is 16.7 Å². The zero-order valence-electron chi connectivity index (χ0n) is 12.6. The number of aromatic nitrogens is 2. The highest BCUT2D eigenvalue weighted by atomic mass is 16.3. The first-order valence-electron chi connectivity index (χ1n) is 7.07. The van der Waals surface area contributed by atoms with Crippen molar-refractivity contribution < 1.29 is 9.90 Å². The highest BCUT2D eigenvalue weighted by Crippen LogP contribution is 2.35. The van der Waals surface area contributed by atoms with E-state index in [2.05, 4.69) is 9.97 Å². The number of carbonyl (C=O) groups is 1. The smallest absolute Gasteiger partial charge is 0.269 e. The number of fused-ring (bicyclic) bond motifs is 1. The third-order valence-electron chi connectivity index (χ3n) is 3.76. The molecule has 0 spiro atoms. The number of hydrogen-bond donors (Lipinski definition) is 3. The number of benzene rings is 1. The van der Waals surface area contributed by atoms with Crippen molar-refractivity contribution in [2.45, 2.75) is 13.5 Å². The van der Waals surface area contributed by atoms with Crippen LogP contribution in [0.2, 0.25) is 0 Å². The van der Waals surface area contributed by atoms with Gasteiger partial charge in [0.25, 0.3) is 5.91 Å². The second kappa shape index (κ2) is 5.66. The molecule has 0 atom stereocenters. The standard InChI is InChI=1S/C17H16N4O2/c1-9-7-10(8-22)4-5-11(9)13-14(18)16(17(19)23)21-12-3-2-6-20-15(12)13/h2-7,22H,8,18H2,1H3,(H2,19,23). The van der Waals surface area contributed by atoms with Crippen LogP contribution in [0.15, 0.2) is 36.5 Å². The van der Waals surface area contributed by atoms with Gasteiger partial charge in [-0.15, -0.1) is 0 Å². The van der Waals surface area contributed by atoms with Gasteiger partial charge in [-0.05, 0) is 35.7 Å². The molecule has 0 saturated heterocycles. The van der Waals surface area contributed by atoms with Gasteiger partial charge in [0.2, 0.25) is 0 Å². The number of aliphatic hydroxyl groups is 1. The van der Waals surface area contributed by atoms with E-state index in [9.17, 15) is 9.90 Å². The molecule has 6 heteroatoms. The molecule has 116 valence electrons. The first-order chi connectivity index (χ1) is 11.0. The van der Waals surface area contributed by atoms with Gasteiger partial charge in [-0.1, -0.05) is 18.2 Å². The maximum Gasteiger partial charge on any atom is 0.269 e. The first-order valence-corrected chi connectivity index (χ1v) is 7.07. The van der Waals surface area contributed by atoms with E-state index in [0.29, 0.717) is 16.6 Å². The van der Waals surface area contributed by atoms with Crippen LogP contribution < -0.4 is 11.5 Å². The Labute approximate surface area is 132 Å². The van der Waals surface area contributed by atoms with Gasteiger partial charge >= 0.3 is 0 Å². The Morgan fingerprint density at radius 2 is 2.09 bits per heavy atom. The van der Waals surface area contributed by atoms with E-state index in [1.54, 1.807) is 24.4 Å². The van der Waals surface area contributed by atoms with Gasteiger partial charge in [-0.3, -0.25) is 9.78 Å². The molecule has 0 aliphatic carbocycles. The summed E-state index contributed by atoms with van der Waals surface area (Å²) in [4.78, 5) is 20.2. The van der Waals surface area contributed by atoms with Crippen molar-refractivity contribution in [1.29, 1.82) is 0 Å². The first kappa shape index (κ1) is 14.9. The van der Waals surface area contributed by atoms with Crippen molar-refractivity contribution in [2.24, 2.45) is 5.73 Å². The SMILES string of the molecule is Cc1cc(CO)ccc1-c1c(N)c(C(N)=O)nc2cccnc12. The minimum Gasteiger partial charge on any atom is -0.396 e. The van der Waals surface area contributed by atoms with Crippen molar-refractivity contribution in [3.05, 3.63) is 53.3 Å². The van der Waals surface area contributed by atoms with Crippen LogP contribution in [-0.2, 0) is 6.61 Å². The zero-order chi connectivity index (χ0) is 16.6. The molecule has 1 amide bonds. The second-order valence-corrected chi connectivity index (χ2v) is 5.29. The van der Waals surface area contributed by atoms with Crippen molar-refractivity contribution in [3.63, 3.8) is 0 Å². The lowest BCUT2D eigenvalue weighted by molar-refractivity contribution is 0.0997. The predicted octanol–water partition coefficient (Wildman–Crippen LogP) is 1.78. The Bertz CT molecular complexity index is 922. The Hall–Kier alpha value is -2.99. The molecular formula is C17H16N4O2. The molecule has 0 bridgehead atoms. The van der Waals surface area contributed by atoms with Crippen LogP contribution in [0, 0.1) is 6.92 Å². The summed E-state index contributed by atoms with van der Waals surface area (Å²) >= 11 is 0. The van der Waals surface area contributed by atoms with Crippen molar-refractivity contribution in [3.8, 4) is 11.1 Å². The monoisotopic (exact) mass is 308 g/mol. The third kappa shape index (κ3) is 2.49. The maximum absolute atomic E-state index is 11.7. The lowest BCUT2D eigenvalue weighted by atomic mass is 9.95. The normalized spacial score (nSPS) is 10.9. The molecule has 0 saturated carbocycles. The summed E-state index contributed by atoms with van der Waals surface area (Å²) in [6.07, 6.45) is 1.65. The van der Waals surface area contributed by atoms with Crippen LogP contribution >= 0.6 is 0 Å². The molecular weight excluding hydrogens is 292 g/mol. The van der Waals surface area contributed by atoms with E-state index in [-0.39, 0.29) is 18.0 Å². The fourth-order valence-corrected chi connectivity index (χ4v) is 2.67. The summed E-state index contributed by atoms with van der Waals surface area (Å²) < 4.78 is 0. The molecule has 5 N–H and O–H groups in total. The molecule has 2 aromatic heterocycles. The molecule has 0 unspecified atom stereocenters. The summed E-state index contributed by atoms with van der Waals surface area (Å²) in [5, 5.41) is 9.26. The van der Waals surface area contributed by atoms with E-state index in [1.165, 1.54) is 0 Å². The predicted molar refractivity (Wildman–Crippen MR) is 88.6 cm³/mol. The van der Waals surface area contributed by atoms with E-state index in [4.69, 9.17) is 11.5 Å². The van der Waals surface area contributed by atoms with Crippen molar-refractivity contribution in [1.82, 2.24) is 9.97 Å². The van der Waals surface area contributed by atoms with Gasteiger partial charge in [0, 0.05) is 11.8 Å². The summed E-state index contributed by atoms with van der Waals surface area (Å²) in [6, 6.07) is 9.03. The Morgan fingerprint density at radius 1 is 1.30 bits per heavy atom.